The molecule has 1 aliphatic carbocycles. The lowest BCUT2D eigenvalue weighted by Crippen LogP contribution is -2.44. The number of hydrogen-bond acceptors (Lipinski definition) is 4. The van der Waals surface area contributed by atoms with Gasteiger partial charge in [0, 0.05) is 12.7 Å². The molecule has 1 saturated carbocycles. The smallest absolute Gasteiger partial charge is 0.311 e. The number of aromatic amines is 1. The highest BCUT2D eigenvalue weighted by Gasteiger charge is 2.39. The molecule has 1 amide bonds. The van der Waals surface area contributed by atoms with Gasteiger partial charge < -0.3 is 15.4 Å². The number of rotatable bonds is 4. The Morgan fingerprint density at radius 3 is 2.60 bits per heavy atom. The SMILES string of the molecule is O=C(NCC1(C(=O)O)CCCCC1)c1c[nH]c(=O)cn1. The molecule has 0 radical (unpaired) electrons. The molecule has 2 rings (SSSR count). The molecule has 1 heterocycles. The number of hydrogen-bond donors (Lipinski definition) is 3. The summed E-state index contributed by atoms with van der Waals surface area (Å²) in [7, 11) is 0. The van der Waals surface area contributed by atoms with E-state index in [1.165, 1.54) is 6.20 Å². The van der Waals surface area contributed by atoms with Gasteiger partial charge in [0.25, 0.3) is 11.5 Å². The van der Waals surface area contributed by atoms with E-state index in [1.807, 2.05) is 0 Å². The largest absolute Gasteiger partial charge is 0.481 e. The maximum Gasteiger partial charge on any atom is 0.311 e. The second-order valence-electron chi connectivity index (χ2n) is 5.13. The lowest BCUT2D eigenvalue weighted by atomic mass is 9.74. The van der Waals surface area contributed by atoms with Crippen LogP contribution in [0.2, 0.25) is 0 Å². The zero-order valence-corrected chi connectivity index (χ0v) is 11.0. The maximum absolute atomic E-state index is 11.9. The van der Waals surface area contributed by atoms with E-state index in [1.54, 1.807) is 0 Å². The molecule has 1 fully saturated rings. The fourth-order valence-electron chi connectivity index (χ4n) is 2.50. The van der Waals surface area contributed by atoms with E-state index >= 15 is 0 Å². The van der Waals surface area contributed by atoms with E-state index < -0.39 is 22.9 Å². The normalized spacial score (nSPS) is 17.4. The Balaban J connectivity index is 2.02. The number of aromatic nitrogens is 2. The van der Waals surface area contributed by atoms with Gasteiger partial charge in [-0.15, -0.1) is 0 Å². The monoisotopic (exact) mass is 279 g/mol. The molecule has 0 bridgehead atoms. The van der Waals surface area contributed by atoms with Crippen LogP contribution in [0.15, 0.2) is 17.2 Å². The Hall–Kier alpha value is -2.18. The molecule has 1 aromatic rings. The van der Waals surface area contributed by atoms with Gasteiger partial charge in [-0.05, 0) is 12.8 Å². The van der Waals surface area contributed by atoms with Crippen LogP contribution < -0.4 is 10.9 Å². The van der Waals surface area contributed by atoms with Gasteiger partial charge in [-0.25, -0.2) is 4.98 Å². The van der Waals surface area contributed by atoms with Crippen molar-refractivity contribution in [1.29, 1.82) is 0 Å². The van der Waals surface area contributed by atoms with Crippen LogP contribution in [0, 0.1) is 5.41 Å². The van der Waals surface area contributed by atoms with Crippen molar-refractivity contribution in [2.45, 2.75) is 32.1 Å². The first-order valence-electron chi connectivity index (χ1n) is 6.60. The van der Waals surface area contributed by atoms with Crippen LogP contribution >= 0.6 is 0 Å². The first-order valence-corrected chi connectivity index (χ1v) is 6.60. The first-order chi connectivity index (χ1) is 9.53. The number of nitrogens with zero attached hydrogens (tertiary/aromatic N) is 1. The molecule has 0 aromatic carbocycles. The van der Waals surface area contributed by atoms with Crippen molar-refractivity contribution >= 4 is 11.9 Å². The Kier molecular flexibility index (Phi) is 4.16. The van der Waals surface area contributed by atoms with Gasteiger partial charge in [-0.1, -0.05) is 19.3 Å². The van der Waals surface area contributed by atoms with Crippen LogP contribution in [0.1, 0.15) is 42.6 Å². The van der Waals surface area contributed by atoms with Crippen LogP contribution in [-0.2, 0) is 4.79 Å². The van der Waals surface area contributed by atoms with Crippen molar-refractivity contribution < 1.29 is 14.7 Å². The van der Waals surface area contributed by atoms with Gasteiger partial charge in [-0.3, -0.25) is 14.4 Å². The summed E-state index contributed by atoms with van der Waals surface area (Å²) in [5.41, 5.74) is -1.20. The second kappa shape index (κ2) is 5.85. The molecule has 7 nitrogen and oxygen atoms in total. The van der Waals surface area contributed by atoms with Gasteiger partial charge in [0.15, 0.2) is 0 Å². The van der Waals surface area contributed by atoms with Crippen molar-refractivity contribution in [3.8, 4) is 0 Å². The summed E-state index contributed by atoms with van der Waals surface area (Å²) in [4.78, 5) is 40.3. The van der Waals surface area contributed by atoms with Crippen molar-refractivity contribution in [2.75, 3.05) is 6.54 Å². The number of carboxylic acids is 1. The summed E-state index contributed by atoms with van der Waals surface area (Å²) in [6.45, 7) is 0.0853. The number of amides is 1. The maximum atomic E-state index is 11.9. The molecule has 0 atom stereocenters. The molecule has 7 heteroatoms. The molecule has 1 aliphatic rings. The molecular weight excluding hydrogens is 262 g/mol. The van der Waals surface area contributed by atoms with E-state index in [0.717, 1.165) is 25.5 Å². The van der Waals surface area contributed by atoms with Crippen LogP contribution in [0.3, 0.4) is 0 Å². The van der Waals surface area contributed by atoms with Gasteiger partial charge >= 0.3 is 5.97 Å². The fourth-order valence-corrected chi connectivity index (χ4v) is 2.50. The predicted molar refractivity (Wildman–Crippen MR) is 70.3 cm³/mol. The van der Waals surface area contributed by atoms with Gasteiger partial charge in [0.05, 0.1) is 11.6 Å². The van der Waals surface area contributed by atoms with Crippen molar-refractivity contribution in [1.82, 2.24) is 15.3 Å². The van der Waals surface area contributed by atoms with E-state index in [0.29, 0.717) is 12.8 Å². The lowest BCUT2D eigenvalue weighted by Gasteiger charge is -2.33. The third-order valence-corrected chi connectivity index (χ3v) is 3.76. The van der Waals surface area contributed by atoms with Gasteiger partial charge in [-0.2, -0.15) is 0 Å². The van der Waals surface area contributed by atoms with E-state index in [9.17, 15) is 19.5 Å². The Bertz CT molecular complexity index is 540. The van der Waals surface area contributed by atoms with Crippen LogP contribution in [0.5, 0.6) is 0 Å². The zero-order valence-electron chi connectivity index (χ0n) is 11.0. The Labute approximate surface area is 115 Å². The first kappa shape index (κ1) is 14.2. The summed E-state index contributed by atoms with van der Waals surface area (Å²) in [6, 6.07) is 0. The third kappa shape index (κ3) is 3.04. The molecule has 108 valence electrons. The van der Waals surface area contributed by atoms with Crippen molar-refractivity contribution in [2.24, 2.45) is 5.41 Å². The van der Waals surface area contributed by atoms with Crippen molar-refractivity contribution in [3.05, 3.63) is 28.4 Å². The zero-order chi connectivity index (χ0) is 14.6. The molecular formula is C13H17N3O4. The van der Waals surface area contributed by atoms with Crippen LogP contribution in [0.25, 0.3) is 0 Å². The summed E-state index contributed by atoms with van der Waals surface area (Å²) in [5, 5.41) is 12.0. The standard InChI is InChI=1S/C13H17N3O4/c17-10-7-14-9(6-15-10)11(18)16-8-13(12(19)20)4-2-1-3-5-13/h6-7H,1-5,8H2,(H,15,17)(H,16,18)(H,19,20). The quantitative estimate of drug-likeness (QED) is 0.744. The molecule has 3 N–H and O–H groups in total. The van der Waals surface area contributed by atoms with Gasteiger partial charge in [0.1, 0.15) is 5.69 Å². The highest BCUT2D eigenvalue weighted by Crippen LogP contribution is 2.36. The average molecular weight is 279 g/mol. The van der Waals surface area contributed by atoms with E-state index in [-0.39, 0.29) is 12.2 Å². The number of aliphatic carboxylic acids is 1. The Morgan fingerprint density at radius 2 is 2.05 bits per heavy atom. The van der Waals surface area contributed by atoms with Crippen molar-refractivity contribution in [3.63, 3.8) is 0 Å². The molecule has 0 spiro atoms. The number of carbonyl (C=O) groups is 2. The second-order valence-corrected chi connectivity index (χ2v) is 5.13. The molecule has 0 saturated heterocycles. The predicted octanol–water partition coefficient (Wildman–Crippen LogP) is 0.535. The minimum atomic E-state index is -0.879. The van der Waals surface area contributed by atoms with E-state index in [4.69, 9.17) is 0 Å². The molecule has 20 heavy (non-hydrogen) atoms. The molecule has 1 aromatic heterocycles. The lowest BCUT2D eigenvalue weighted by molar-refractivity contribution is -0.150. The minimum Gasteiger partial charge on any atom is -0.481 e. The highest BCUT2D eigenvalue weighted by atomic mass is 16.4. The fraction of sp³-hybridized carbons (Fsp3) is 0.538. The summed E-state index contributed by atoms with van der Waals surface area (Å²) in [5.74, 6) is -1.35. The minimum absolute atomic E-state index is 0.0703. The number of carboxylic acid groups (broad SMARTS) is 1. The summed E-state index contributed by atoms with van der Waals surface area (Å²) in [6.07, 6.45) is 6.13. The third-order valence-electron chi connectivity index (χ3n) is 3.76. The van der Waals surface area contributed by atoms with Crippen LogP contribution in [0.4, 0.5) is 0 Å². The highest BCUT2D eigenvalue weighted by molar-refractivity contribution is 5.92. The number of H-pyrrole nitrogens is 1. The molecule has 0 aliphatic heterocycles. The summed E-state index contributed by atoms with van der Waals surface area (Å²) >= 11 is 0. The Morgan fingerprint density at radius 1 is 1.35 bits per heavy atom. The number of nitrogens with one attached hydrogen (secondary N) is 2. The summed E-state index contributed by atoms with van der Waals surface area (Å²) < 4.78 is 0. The van der Waals surface area contributed by atoms with Crippen LogP contribution in [-0.4, -0.2) is 33.5 Å². The topological polar surface area (TPSA) is 112 Å². The van der Waals surface area contributed by atoms with Gasteiger partial charge in [0.2, 0.25) is 0 Å². The average Bonchev–Trinajstić information content (AvgIpc) is 2.46. The van der Waals surface area contributed by atoms with E-state index in [2.05, 4.69) is 15.3 Å². The number of carbonyl (C=O) groups excluding carboxylic acids is 1. The molecule has 0 unspecified atom stereocenters.